The Morgan fingerprint density at radius 2 is 2.00 bits per heavy atom. The van der Waals surface area contributed by atoms with E-state index in [-0.39, 0.29) is 17.1 Å². The Labute approximate surface area is 105 Å². The average molecular weight is 270 g/mol. The summed E-state index contributed by atoms with van der Waals surface area (Å²) in [5, 5.41) is 17.1. The monoisotopic (exact) mass is 270 g/mol. The molecule has 0 fully saturated rings. The molecule has 5 nitrogen and oxygen atoms in total. The van der Waals surface area contributed by atoms with Gasteiger partial charge < -0.3 is 10.2 Å². The SMILES string of the molecule is CC1(C)CC(C(=O)O)S(=O)(=O)c2ccc(O)cc21. The van der Waals surface area contributed by atoms with Crippen LogP contribution in [0.4, 0.5) is 0 Å². The number of carbonyl (C=O) groups is 1. The van der Waals surface area contributed by atoms with Crippen LogP contribution in [-0.2, 0) is 20.0 Å². The molecule has 0 aromatic heterocycles. The van der Waals surface area contributed by atoms with E-state index in [0.29, 0.717) is 5.56 Å². The van der Waals surface area contributed by atoms with Crippen LogP contribution in [0.15, 0.2) is 23.1 Å². The zero-order valence-corrected chi connectivity index (χ0v) is 10.9. The second-order valence-corrected chi connectivity index (χ2v) is 7.24. The van der Waals surface area contributed by atoms with Crippen molar-refractivity contribution in [2.24, 2.45) is 0 Å². The topological polar surface area (TPSA) is 91.7 Å². The fourth-order valence-corrected chi connectivity index (χ4v) is 4.46. The van der Waals surface area contributed by atoms with Gasteiger partial charge in [-0.3, -0.25) is 4.79 Å². The van der Waals surface area contributed by atoms with Crippen LogP contribution in [0.3, 0.4) is 0 Å². The van der Waals surface area contributed by atoms with Crippen LogP contribution >= 0.6 is 0 Å². The quantitative estimate of drug-likeness (QED) is 0.802. The molecule has 0 radical (unpaired) electrons. The Morgan fingerprint density at radius 3 is 2.56 bits per heavy atom. The minimum absolute atomic E-state index is 0.00111. The lowest BCUT2D eigenvalue weighted by Crippen LogP contribution is -2.42. The van der Waals surface area contributed by atoms with E-state index in [1.54, 1.807) is 13.8 Å². The molecule has 1 heterocycles. The molecule has 0 bridgehead atoms. The lowest BCUT2D eigenvalue weighted by atomic mass is 9.80. The number of aromatic hydroxyl groups is 1. The third kappa shape index (κ3) is 1.77. The van der Waals surface area contributed by atoms with Gasteiger partial charge in [-0.25, -0.2) is 8.42 Å². The lowest BCUT2D eigenvalue weighted by Gasteiger charge is -2.35. The van der Waals surface area contributed by atoms with Crippen molar-refractivity contribution in [3.8, 4) is 5.75 Å². The van der Waals surface area contributed by atoms with Gasteiger partial charge in [-0.1, -0.05) is 13.8 Å². The van der Waals surface area contributed by atoms with Crippen LogP contribution in [0.25, 0.3) is 0 Å². The second kappa shape index (κ2) is 3.71. The van der Waals surface area contributed by atoms with E-state index in [2.05, 4.69) is 0 Å². The first kappa shape index (κ1) is 12.9. The Balaban J connectivity index is 2.76. The van der Waals surface area contributed by atoms with Crippen LogP contribution < -0.4 is 0 Å². The molecule has 18 heavy (non-hydrogen) atoms. The largest absolute Gasteiger partial charge is 0.508 e. The molecule has 2 N–H and O–H groups in total. The molecule has 0 aliphatic carbocycles. The molecule has 1 aliphatic heterocycles. The number of carboxylic acid groups (broad SMARTS) is 1. The number of sulfone groups is 1. The highest BCUT2D eigenvalue weighted by molar-refractivity contribution is 7.93. The van der Waals surface area contributed by atoms with Crippen molar-refractivity contribution in [2.75, 3.05) is 0 Å². The van der Waals surface area contributed by atoms with Crippen molar-refractivity contribution < 1.29 is 23.4 Å². The second-order valence-electron chi connectivity index (χ2n) is 5.14. The van der Waals surface area contributed by atoms with E-state index < -0.39 is 26.5 Å². The molecular formula is C12H14O5S. The Bertz CT molecular complexity index is 615. The van der Waals surface area contributed by atoms with E-state index in [0.717, 1.165) is 0 Å². The number of aliphatic carboxylic acids is 1. The number of hydrogen-bond acceptors (Lipinski definition) is 4. The molecule has 0 saturated heterocycles. The number of fused-ring (bicyclic) bond motifs is 1. The Kier molecular flexibility index (Phi) is 2.66. The number of rotatable bonds is 1. The summed E-state index contributed by atoms with van der Waals surface area (Å²) < 4.78 is 24.4. The van der Waals surface area contributed by atoms with Crippen LogP contribution in [-0.4, -0.2) is 29.9 Å². The first-order chi connectivity index (χ1) is 8.16. The molecule has 1 aliphatic rings. The molecule has 1 unspecified atom stereocenters. The van der Waals surface area contributed by atoms with Gasteiger partial charge in [0, 0.05) is 0 Å². The van der Waals surface area contributed by atoms with Gasteiger partial charge in [-0.05, 0) is 35.6 Å². The normalized spacial score (nSPS) is 24.2. The zero-order chi connectivity index (χ0) is 13.7. The minimum Gasteiger partial charge on any atom is -0.508 e. The highest BCUT2D eigenvalue weighted by Crippen LogP contribution is 2.42. The number of phenols is 1. The highest BCUT2D eigenvalue weighted by atomic mass is 32.2. The van der Waals surface area contributed by atoms with E-state index in [4.69, 9.17) is 5.11 Å². The van der Waals surface area contributed by atoms with E-state index in [1.807, 2.05) is 0 Å². The van der Waals surface area contributed by atoms with Gasteiger partial charge in [-0.2, -0.15) is 0 Å². The van der Waals surface area contributed by atoms with Gasteiger partial charge in [0.1, 0.15) is 5.75 Å². The summed E-state index contributed by atoms with van der Waals surface area (Å²) in [6, 6.07) is 3.93. The predicted molar refractivity (Wildman–Crippen MR) is 64.4 cm³/mol. The van der Waals surface area contributed by atoms with Crippen molar-refractivity contribution >= 4 is 15.8 Å². The van der Waals surface area contributed by atoms with E-state index in [1.165, 1.54) is 18.2 Å². The molecule has 0 spiro atoms. The Morgan fingerprint density at radius 1 is 1.39 bits per heavy atom. The molecule has 98 valence electrons. The first-order valence-corrected chi connectivity index (χ1v) is 7.01. The third-order valence-electron chi connectivity index (χ3n) is 3.34. The number of carboxylic acids is 1. The number of phenolic OH excluding ortho intramolecular Hbond substituents is 1. The maximum Gasteiger partial charge on any atom is 0.322 e. The summed E-state index contributed by atoms with van der Waals surface area (Å²) in [4.78, 5) is 11.1. The molecule has 1 aromatic rings. The standard InChI is InChI=1S/C12H14O5S/c1-12(2)6-10(11(14)15)18(16,17)9-4-3-7(13)5-8(9)12/h3-5,10,13H,6H2,1-2H3,(H,14,15). The molecule has 0 amide bonds. The highest BCUT2D eigenvalue weighted by Gasteiger charge is 2.46. The summed E-state index contributed by atoms with van der Waals surface area (Å²) >= 11 is 0. The Hall–Kier alpha value is -1.56. The van der Waals surface area contributed by atoms with Crippen molar-refractivity contribution in [2.45, 2.75) is 35.8 Å². The van der Waals surface area contributed by atoms with Crippen molar-refractivity contribution in [1.29, 1.82) is 0 Å². The molecule has 0 saturated carbocycles. The maximum atomic E-state index is 12.2. The van der Waals surface area contributed by atoms with Gasteiger partial charge in [0.05, 0.1) is 4.90 Å². The van der Waals surface area contributed by atoms with Crippen molar-refractivity contribution in [1.82, 2.24) is 0 Å². The summed E-state index contributed by atoms with van der Waals surface area (Å²) in [6.07, 6.45) is 0.00111. The van der Waals surface area contributed by atoms with Crippen molar-refractivity contribution in [3.63, 3.8) is 0 Å². The maximum absolute atomic E-state index is 12.2. The zero-order valence-electron chi connectivity index (χ0n) is 10.0. The smallest absolute Gasteiger partial charge is 0.322 e. The van der Waals surface area contributed by atoms with Crippen LogP contribution in [0.5, 0.6) is 5.75 Å². The summed E-state index contributed by atoms with van der Waals surface area (Å²) in [6.45, 7) is 3.55. The van der Waals surface area contributed by atoms with Crippen LogP contribution in [0.2, 0.25) is 0 Å². The van der Waals surface area contributed by atoms with Gasteiger partial charge in [0.15, 0.2) is 15.1 Å². The molecule has 1 atom stereocenters. The first-order valence-electron chi connectivity index (χ1n) is 5.46. The van der Waals surface area contributed by atoms with Gasteiger partial charge in [-0.15, -0.1) is 0 Å². The van der Waals surface area contributed by atoms with Gasteiger partial charge >= 0.3 is 5.97 Å². The number of benzene rings is 1. The van der Waals surface area contributed by atoms with E-state index >= 15 is 0 Å². The number of hydrogen-bond donors (Lipinski definition) is 2. The molecular weight excluding hydrogens is 256 g/mol. The summed E-state index contributed by atoms with van der Waals surface area (Å²) in [5.41, 5.74) is -0.136. The molecule has 2 rings (SSSR count). The van der Waals surface area contributed by atoms with E-state index in [9.17, 15) is 18.3 Å². The fourth-order valence-electron chi connectivity index (χ4n) is 2.35. The third-order valence-corrected chi connectivity index (χ3v) is 5.43. The molecule has 1 aromatic carbocycles. The van der Waals surface area contributed by atoms with Crippen molar-refractivity contribution in [3.05, 3.63) is 23.8 Å². The lowest BCUT2D eigenvalue weighted by molar-refractivity contribution is -0.137. The summed E-state index contributed by atoms with van der Waals surface area (Å²) in [7, 11) is -3.88. The minimum atomic E-state index is -3.88. The fraction of sp³-hybridized carbons (Fsp3) is 0.417. The molecule has 6 heteroatoms. The van der Waals surface area contributed by atoms with Gasteiger partial charge in [0.25, 0.3) is 0 Å². The van der Waals surface area contributed by atoms with Crippen LogP contribution in [0.1, 0.15) is 25.8 Å². The predicted octanol–water partition coefficient (Wildman–Crippen LogP) is 1.30. The summed E-state index contributed by atoms with van der Waals surface area (Å²) in [5.74, 6) is -1.35. The van der Waals surface area contributed by atoms with Gasteiger partial charge in [0.2, 0.25) is 0 Å². The average Bonchev–Trinajstić information content (AvgIpc) is 2.23. The van der Waals surface area contributed by atoms with Crippen LogP contribution in [0, 0.1) is 0 Å².